The van der Waals surface area contributed by atoms with E-state index in [1.807, 2.05) is 0 Å². The van der Waals surface area contributed by atoms with Gasteiger partial charge in [0.25, 0.3) is 0 Å². The second kappa shape index (κ2) is 7.61. The molecule has 3 heteroatoms. The number of nitrogens with zero attached hydrogens (tertiary/aromatic N) is 1. The lowest BCUT2D eigenvalue weighted by molar-refractivity contribution is -0.0135. The first kappa shape index (κ1) is 15.3. The highest BCUT2D eigenvalue weighted by atomic mass is 16.5. The molecule has 0 amide bonds. The van der Waals surface area contributed by atoms with E-state index in [-0.39, 0.29) is 0 Å². The van der Waals surface area contributed by atoms with Crippen LogP contribution in [0.25, 0.3) is 0 Å². The summed E-state index contributed by atoms with van der Waals surface area (Å²) in [5, 5.41) is 3.75. The van der Waals surface area contributed by atoms with Crippen LogP contribution in [0.1, 0.15) is 52.9 Å². The molecule has 2 saturated heterocycles. The van der Waals surface area contributed by atoms with Crippen LogP contribution >= 0.6 is 0 Å². The molecule has 4 unspecified atom stereocenters. The minimum absolute atomic E-state index is 0.479. The minimum atomic E-state index is 0.479. The third kappa shape index (κ3) is 4.44. The fourth-order valence-electron chi connectivity index (χ4n) is 3.29. The number of nitrogens with one attached hydrogen (secondary N) is 1. The molecule has 0 saturated carbocycles. The average Bonchev–Trinajstić information content (AvgIpc) is 2.62. The van der Waals surface area contributed by atoms with Gasteiger partial charge in [0.15, 0.2) is 0 Å². The van der Waals surface area contributed by atoms with Crippen LogP contribution in [0.4, 0.5) is 0 Å². The van der Waals surface area contributed by atoms with Gasteiger partial charge in [-0.05, 0) is 45.1 Å². The van der Waals surface area contributed by atoms with Crippen LogP contribution in [0.3, 0.4) is 0 Å². The highest BCUT2D eigenvalue weighted by molar-refractivity contribution is 4.85. The zero-order chi connectivity index (χ0) is 13.7. The molecule has 4 atom stereocenters. The highest BCUT2D eigenvalue weighted by Gasteiger charge is 2.28. The quantitative estimate of drug-likeness (QED) is 0.848. The first-order valence-electron chi connectivity index (χ1n) is 8.29. The zero-order valence-electron chi connectivity index (χ0n) is 13.0. The topological polar surface area (TPSA) is 24.5 Å². The number of ether oxygens (including phenoxy) is 1. The molecule has 3 nitrogen and oxygen atoms in total. The van der Waals surface area contributed by atoms with Crippen molar-refractivity contribution in [2.75, 3.05) is 26.2 Å². The lowest BCUT2D eigenvalue weighted by Crippen LogP contribution is -2.46. The van der Waals surface area contributed by atoms with Gasteiger partial charge in [-0.3, -0.25) is 4.90 Å². The molecular formula is C16H32N2O. The van der Waals surface area contributed by atoms with Crippen LogP contribution in [0.5, 0.6) is 0 Å². The maximum atomic E-state index is 5.93. The summed E-state index contributed by atoms with van der Waals surface area (Å²) in [6.07, 6.45) is 6.86. The summed E-state index contributed by atoms with van der Waals surface area (Å²) in [5.41, 5.74) is 0. The van der Waals surface area contributed by atoms with Crippen LogP contribution in [0.2, 0.25) is 0 Å². The van der Waals surface area contributed by atoms with Crippen molar-refractivity contribution in [2.45, 2.75) is 71.1 Å². The first-order chi connectivity index (χ1) is 9.20. The molecule has 2 fully saturated rings. The molecule has 0 aromatic heterocycles. The van der Waals surface area contributed by atoms with Gasteiger partial charge in [-0.15, -0.1) is 0 Å². The van der Waals surface area contributed by atoms with Gasteiger partial charge >= 0.3 is 0 Å². The first-order valence-corrected chi connectivity index (χ1v) is 8.29. The Balaban J connectivity index is 1.90. The summed E-state index contributed by atoms with van der Waals surface area (Å²) >= 11 is 0. The van der Waals surface area contributed by atoms with E-state index in [1.54, 1.807) is 0 Å². The fourth-order valence-corrected chi connectivity index (χ4v) is 3.29. The molecule has 0 radical (unpaired) electrons. The van der Waals surface area contributed by atoms with Gasteiger partial charge in [-0.2, -0.15) is 0 Å². The van der Waals surface area contributed by atoms with E-state index in [0.717, 1.165) is 25.6 Å². The van der Waals surface area contributed by atoms with Gasteiger partial charge in [0.1, 0.15) is 0 Å². The molecule has 2 aliphatic heterocycles. The van der Waals surface area contributed by atoms with Crippen LogP contribution in [0, 0.1) is 5.92 Å². The molecule has 2 heterocycles. The van der Waals surface area contributed by atoms with Crippen LogP contribution in [-0.2, 0) is 4.74 Å². The highest BCUT2D eigenvalue weighted by Crippen LogP contribution is 2.19. The van der Waals surface area contributed by atoms with Crippen molar-refractivity contribution in [1.82, 2.24) is 10.2 Å². The Labute approximate surface area is 119 Å². The Morgan fingerprint density at radius 1 is 1.32 bits per heavy atom. The molecule has 0 aromatic rings. The van der Waals surface area contributed by atoms with Gasteiger partial charge in [0.05, 0.1) is 6.10 Å². The maximum absolute atomic E-state index is 5.93. The van der Waals surface area contributed by atoms with Crippen molar-refractivity contribution < 1.29 is 4.74 Å². The Hall–Kier alpha value is -0.120. The molecule has 2 rings (SSSR count). The summed E-state index contributed by atoms with van der Waals surface area (Å²) in [4.78, 5) is 2.67. The predicted octanol–water partition coefficient (Wildman–Crippen LogP) is 2.65. The summed E-state index contributed by atoms with van der Waals surface area (Å²) in [5.74, 6) is 0.764. The standard InChI is InChI=1S/C16H32N2O/c1-4-13(2)16-12-18(14(3)8-9-17-16)11-15-7-5-6-10-19-15/h13-17H,4-12H2,1-3H3. The number of hydrogen-bond acceptors (Lipinski definition) is 3. The zero-order valence-corrected chi connectivity index (χ0v) is 13.0. The maximum Gasteiger partial charge on any atom is 0.0702 e. The fraction of sp³-hybridized carbons (Fsp3) is 1.00. The van der Waals surface area contributed by atoms with Gasteiger partial charge in [-0.25, -0.2) is 0 Å². The molecular weight excluding hydrogens is 236 g/mol. The average molecular weight is 268 g/mol. The van der Waals surface area contributed by atoms with Gasteiger partial charge in [-0.1, -0.05) is 20.3 Å². The molecule has 112 valence electrons. The monoisotopic (exact) mass is 268 g/mol. The molecule has 19 heavy (non-hydrogen) atoms. The molecule has 0 bridgehead atoms. The van der Waals surface area contributed by atoms with Gasteiger partial charge in [0.2, 0.25) is 0 Å². The van der Waals surface area contributed by atoms with Crippen LogP contribution in [-0.4, -0.2) is 49.3 Å². The van der Waals surface area contributed by atoms with Crippen molar-refractivity contribution in [3.8, 4) is 0 Å². The lowest BCUT2D eigenvalue weighted by Gasteiger charge is -2.35. The van der Waals surface area contributed by atoms with Gasteiger partial charge in [0, 0.05) is 31.8 Å². The Morgan fingerprint density at radius 3 is 2.84 bits per heavy atom. The van der Waals surface area contributed by atoms with E-state index >= 15 is 0 Å². The summed E-state index contributed by atoms with van der Waals surface area (Å²) < 4.78 is 5.93. The third-order valence-electron chi connectivity index (χ3n) is 5.07. The van der Waals surface area contributed by atoms with E-state index in [9.17, 15) is 0 Å². The Bertz CT molecular complexity index is 253. The Kier molecular flexibility index (Phi) is 6.11. The molecule has 1 N–H and O–H groups in total. The van der Waals surface area contributed by atoms with Crippen molar-refractivity contribution in [1.29, 1.82) is 0 Å². The van der Waals surface area contributed by atoms with Crippen molar-refractivity contribution in [3.63, 3.8) is 0 Å². The van der Waals surface area contributed by atoms with E-state index in [1.165, 1.54) is 38.6 Å². The van der Waals surface area contributed by atoms with Crippen molar-refractivity contribution >= 4 is 0 Å². The van der Waals surface area contributed by atoms with Crippen LogP contribution < -0.4 is 5.32 Å². The molecule has 0 aliphatic carbocycles. The number of hydrogen-bond donors (Lipinski definition) is 1. The summed E-state index contributed by atoms with van der Waals surface area (Å²) in [6, 6.07) is 1.34. The third-order valence-corrected chi connectivity index (χ3v) is 5.07. The van der Waals surface area contributed by atoms with E-state index in [2.05, 4.69) is 31.0 Å². The number of rotatable bonds is 4. The molecule has 0 spiro atoms. The molecule has 2 aliphatic rings. The largest absolute Gasteiger partial charge is 0.377 e. The predicted molar refractivity (Wildman–Crippen MR) is 80.5 cm³/mol. The Morgan fingerprint density at radius 2 is 2.16 bits per heavy atom. The van der Waals surface area contributed by atoms with Crippen molar-refractivity contribution in [3.05, 3.63) is 0 Å². The van der Waals surface area contributed by atoms with E-state index in [4.69, 9.17) is 4.74 Å². The summed E-state index contributed by atoms with van der Waals surface area (Å²) in [6.45, 7) is 11.5. The minimum Gasteiger partial charge on any atom is -0.377 e. The summed E-state index contributed by atoms with van der Waals surface area (Å²) in [7, 11) is 0. The second-order valence-electron chi connectivity index (χ2n) is 6.53. The van der Waals surface area contributed by atoms with Crippen LogP contribution in [0.15, 0.2) is 0 Å². The normalized spacial score (nSPS) is 35.8. The van der Waals surface area contributed by atoms with Crippen molar-refractivity contribution in [2.24, 2.45) is 5.92 Å². The van der Waals surface area contributed by atoms with Gasteiger partial charge < -0.3 is 10.1 Å². The second-order valence-corrected chi connectivity index (χ2v) is 6.53. The van der Waals surface area contributed by atoms with E-state index in [0.29, 0.717) is 18.2 Å². The SMILES string of the molecule is CCC(C)C1CN(CC2CCCCO2)C(C)CCN1. The lowest BCUT2D eigenvalue weighted by atomic mass is 9.98. The smallest absolute Gasteiger partial charge is 0.0702 e. The molecule has 0 aromatic carbocycles. The van der Waals surface area contributed by atoms with E-state index < -0.39 is 0 Å².